The lowest BCUT2D eigenvalue weighted by molar-refractivity contribution is -0.114. The Hall–Kier alpha value is -3.15. The molecule has 4 rings (SSSR count). The average molecular weight is 547 g/mol. The van der Waals surface area contributed by atoms with Crippen LogP contribution in [0, 0.1) is 5.41 Å². The molecule has 1 amide bonds. The molecule has 2 heterocycles. The van der Waals surface area contributed by atoms with E-state index < -0.39 is 15.7 Å². The average Bonchev–Trinajstić information content (AvgIpc) is 3.25. The molecule has 0 aliphatic carbocycles. The van der Waals surface area contributed by atoms with Crippen LogP contribution in [0.2, 0.25) is 5.02 Å². The van der Waals surface area contributed by atoms with E-state index >= 15 is 0 Å². The number of hydrogen-bond donors (Lipinski definition) is 1. The van der Waals surface area contributed by atoms with Crippen molar-refractivity contribution in [3.05, 3.63) is 64.2 Å². The molecule has 0 unspecified atom stereocenters. The van der Waals surface area contributed by atoms with Crippen LogP contribution < -0.4 is 9.47 Å². The highest BCUT2D eigenvalue weighted by molar-refractivity contribution is 8.16. The molecular formula is C24H23ClN4O5S2. The molecule has 0 saturated heterocycles. The maximum absolute atomic E-state index is 12.5. The van der Waals surface area contributed by atoms with E-state index in [4.69, 9.17) is 26.5 Å². The van der Waals surface area contributed by atoms with Gasteiger partial charge in [0.2, 0.25) is 20.2 Å². The van der Waals surface area contributed by atoms with Crippen molar-refractivity contribution >= 4 is 61.5 Å². The second kappa shape index (κ2) is 10.5. The van der Waals surface area contributed by atoms with Gasteiger partial charge in [-0.2, -0.15) is 9.39 Å². The first-order valence-corrected chi connectivity index (χ1v) is 13.9. The van der Waals surface area contributed by atoms with E-state index in [-0.39, 0.29) is 28.4 Å². The van der Waals surface area contributed by atoms with E-state index in [1.807, 2.05) is 24.3 Å². The third-order valence-electron chi connectivity index (χ3n) is 5.23. The number of carbonyl (C=O) groups is 1. The van der Waals surface area contributed by atoms with Crippen LogP contribution in [-0.4, -0.2) is 54.9 Å². The Morgan fingerprint density at radius 3 is 2.50 bits per heavy atom. The molecule has 188 valence electrons. The number of nitrogens with one attached hydrogen (secondary N) is 1. The number of rotatable bonds is 7. The summed E-state index contributed by atoms with van der Waals surface area (Å²) >= 11 is 7.12. The first-order chi connectivity index (χ1) is 17.1. The lowest BCUT2D eigenvalue weighted by Gasteiger charge is -2.23. The molecule has 2 aliphatic rings. The van der Waals surface area contributed by atoms with Crippen LogP contribution in [0.15, 0.2) is 57.4 Å². The quantitative estimate of drug-likeness (QED) is 0.307. The van der Waals surface area contributed by atoms with Crippen LogP contribution in [0.1, 0.15) is 30.9 Å². The van der Waals surface area contributed by atoms with Crippen molar-refractivity contribution in [1.29, 1.82) is 5.41 Å². The van der Waals surface area contributed by atoms with Crippen molar-refractivity contribution in [1.82, 2.24) is 4.90 Å². The van der Waals surface area contributed by atoms with Gasteiger partial charge in [0.1, 0.15) is 30.5 Å². The molecular weight excluding hydrogens is 524 g/mol. The number of amides is 1. The van der Waals surface area contributed by atoms with Crippen molar-refractivity contribution in [2.45, 2.75) is 19.8 Å². The van der Waals surface area contributed by atoms with Gasteiger partial charge in [-0.3, -0.25) is 10.2 Å². The summed E-state index contributed by atoms with van der Waals surface area (Å²) in [5, 5.41) is 8.41. The minimum atomic E-state index is -3.72. The van der Waals surface area contributed by atoms with Gasteiger partial charge in [-0.25, -0.2) is 13.3 Å². The van der Waals surface area contributed by atoms with Crippen LogP contribution in [0.25, 0.3) is 6.08 Å². The highest BCUT2D eigenvalue weighted by atomic mass is 35.5. The molecule has 0 aromatic heterocycles. The van der Waals surface area contributed by atoms with Crippen LogP contribution >= 0.6 is 23.5 Å². The van der Waals surface area contributed by atoms with Gasteiger partial charge in [0.25, 0.3) is 5.91 Å². The van der Waals surface area contributed by atoms with Gasteiger partial charge in [0.05, 0.1) is 22.5 Å². The number of carbonyl (C=O) groups excluding carboxylic acids is 1. The molecule has 0 fully saturated rings. The number of sulfone groups is 1. The molecule has 2 aromatic carbocycles. The minimum Gasteiger partial charge on any atom is -0.490 e. The highest BCUT2D eigenvalue weighted by Crippen LogP contribution is 2.31. The lowest BCUT2D eigenvalue weighted by Crippen LogP contribution is -2.45. The number of aliphatic imine (C=N–C) groups is 1. The van der Waals surface area contributed by atoms with Crippen molar-refractivity contribution in [3.63, 3.8) is 0 Å². The molecule has 9 nitrogen and oxygen atoms in total. The molecule has 2 aliphatic heterocycles. The van der Waals surface area contributed by atoms with Crippen molar-refractivity contribution < 1.29 is 22.7 Å². The maximum atomic E-state index is 12.5. The molecule has 2 aromatic rings. The van der Waals surface area contributed by atoms with Gasteiger partial charge in [0.15, 0.2) is 0 Å². The Balaban J connectivity index is 1.44. The summed E-state index contributed by atoms with van der Waals surface area (Å²) in [7, 11) is -3.72. The molecule has 1 N–H and O–H groups in total. The van der Waals surface area contributed by atoms with Gasteiger partial charge in [-0.05, 0) is 41.3 Å². The third-order valence-corrected chi connectivity index (χ3v) is 7.28. The summed E-state index contributed by atoms with van der Waals surface area (Å²) in [6, 6.07) is 12.8. The second-order valence-electron chi connectivity index (χ2n) is 8.26. The van der Waals surface area contributed by atoms with Crippen LogP contribution in [0.4, 0.5) is 0 Å². The third kappa shape index (κ3) is 5.48. The SMILES string of the molecule is CC(C)c1ccccc1OCCOc1ccc(/C=C2/C(=N)N3C(=NC2=O)SN=C3S(C)(=O)=O)cc1Cl. The smallest absolute Gasteiger partial charge is 0.283 e. The Labute approximate surface area is 218 Å². The number of benzene rings is 2. The van der Waals surface area contributed by atoms with E-state index in [9.17, 15) is 13.2 Å². The Morgan fingerprint density at radius 1 is 1.14 bits per heavy atom. The molecule has 0 bridgehead atoms. The van der Waals surface area contributed by atoms with Crippen molar-refractivity contribution in [2.24, 2.45) is 9.39 Å². The molecule has 12 heteroatoms. The number of fused-ring (bicyclic) bond motifs is 1. The summed E-state index contributed by atoms with van der Waals surface area (Å²) in [6.07, 6.45) is 2.41. The zero-order chi connectivity index (χ0) is 26.0. The van der Waals surface area contributed by atoms with Gasteiger partial charge in [-0.15, -0.1) is 0 Å². The van der Waals surface area contributed by atoms with Gasteiger partial charge in [-0.1, -0.05) is 49.7 Å². The van der Waals surface area contributed by atoms with E-state index in [2.05, 4.69) is 23.2 Å². The van der Waals surface area contributed by atoms with Gasteiger partial charge < -0.3 is 9.47 Å². The predicted octanol–water partition coefficient (Wildman–Crippen LogP) is 4.54. The summed E-state index contributed by atoms with van der Waals surface area (Å²) in [5.41, 5.74) is 1.56. The number of hydrogen-bond acceptors (Lipinski definition) is 8. The molecule has 0 radical (unpaired) electrons. The number of nitrogens with zero attached hydrogens (tertiary/aromatic N) is 3. The number of halogens is 1. The van der Waals surface area contributed by atoms with E-state index in [1.54, 1.807) is 18.2 Å². The number of amidine groups is 3. The first-order valence-electron chi connectivity index (χ1n) is 10.9. The normalized spacial score (nSPS) is 16.8. The summed E-state index contributed by atoms with van der Waals surface area (Å²) in [6.45, 7) is 4.81. The van der Waals surface area contributed by atoms with Crippen molar-refractivity contribution in [2.75, 3.05) is 19.5 Å². The fourth-order valence-corrected chi connectivity index (χ4v) is 5.61. The standard InChI is InChI=1S/C24H23ClN4O5S2/c1-14(2)16-6-4-5-7-19(16)33-10-11-34-20-9-8-15(13-18(20)25)12-17-21(26)29-23(27-22(17)30)35-28-24(29)36(3,31)32/h4-9,12-14,26H,10-11H2,1-3H3/b17-12-,26-21?. The summed E-state index contributed by atoms with van der Waals surface area (Å²) in [5.74, 6) is 0.596. The van der Waals surface area contributed by atoms with Crippen LogP contribution in [0.3, 0.4) is 0 Å². The summed E-state index contributed by atoms with van der Waals surface area (Å²) in [4.78, 5) is 17.4. The van der Waals surface area contributed by atoms with Crippen molar-refractivity contribution in [3.8, 4) is 11.5 Å². The Kier molecular flexibility index (Phi) is 7.53. The molecule has 0 saturated carbocycles. The predicted molar refractivity (Wildman–Crippen MR) is 143 cm³/mol. The first kappa shape index (κ1) is 25.9. The largest absolute Gasteiger partial charge is 0.490 e. The maximum Gasteiger partial charge on any atom is 0.283 e. The van der Waals surface area contributed by atoms with E-state index in [1.165, 1.54) is 6.08 Å². The van der Waals surface area contributed by atoms with Crippen LogP contribution in [0.5, 0.6) is 11.5 Å². The van der Waals surface area contributed by atoms with Gasteiger partial charge in [0, 0.05) is 6.26 Å². The van der Waals surface area contributed by atoms with E-state index in [0.717, 1.165) is 34.4 Å². The molecule has 0 spiro atoms. The lowest BCUT2D eigenvalue weighted by atomic mass is 10.0. The zero-order valence-corrected chi connectivity index (χ0v) is 22.1. The number of ether oxygens (including phenoxy) is 2. The molecule has 0 atom stereocenters. The fraction of sp³-hybridized carbons (Fsp3) is 0.250. The van der Waals surface area contributed by atoms with E-state index in [0.29, 0.717) is 28.9 Å². The molecule has 36 heavy (non-hydrogen) atoms. The summed E-state index contributed by atoms with van der Waals surface area (Å²) < 4.78 is 39.5. The van der Waals surface area contributed by atoms with Gasteiger partial charge >= 0.3 is 0 Å². The topological polar surface area (TPSA) is 121 Å². The fourth-order valence-electron chi connectivity index (χ4n) is 3.52. The van der Waals surface area contributed by atoms with Crippen LogP contribution in [-0.2, 0) is 14.6 Å². The minimum absolute atomic E-state index is 0.0302. The highest BCUT2D eigenvalue weighted by Gasteiger charge is 2.41. The Morgan fingerprint density at radius 2 is 1.83 bits per heavy atom. The zero-order valence-electron chi connectivity index (χ0n) is 19.7. The monoisotopic (exact) mass is 546 g/mol. The number of para-hydroxylation sites is 1. The Bertz CT molecular complexity index is 1430. The second-order valence-corrected chi connectivity index (χ2v) is 11.3.